The Balaban J connectivity index is 0.000000180. The Morgan fingerprint density at radius 2 is 1.38 bits per heavy atom. The zero-order valence-corrected chi connectivity index (χ0v) is 63.9. The number of nitrogens with one attached hydrogen (secondary N) is 5. The highest BCUT2D eigenvalue weighted by atomic mass is 35.5. The number of hydrogen-bond donors (Lipinski definition) is 20. The van der Waals surface area contributed by atoms with Crippen molar-refractivity contribution in [2.24, 2.45) is 27.9 Å². The van der Waals surface area contributed by atoms with Crippen molar-refractivity contribution in [3.8, 4) is 17.1 Å². The molecule has 1 aromatic heterocycles. The summed E-state index contributed by atoms with van der Waals surface area (Å²) < 4.78 is 41.1. The number of aliphatic hydroxyl groups is 10. The standard InChI is InChI=1S/C27H22Cl2N4.C22H43N5O13.C17H18FN3O3.C10H24N2O2/c1-17(2)30-24-16-27-25(15-23(24)31-20-11-7-18(28)8-12-20)32-22-5-3-4-6-26(22)33(27)21-13-9-19(29)10-14-21;23-2-1-8(29)20(36)27-7-3-6(25)18(39-22-16(34)15(33)13(31)9(4-24)37-22)17(35)19(7)40-21-14(32)11(26)12(30)10(5-28)38-21;18-13-7-11-14(8-15(13)20-5-3-19-4-6-20)21(10-1-2-10)9-12(16(11)22)17(23)24;1-3-9(7-13)11-5-6-12-10(4-2)8-14/h3-17,31H,1-2H3;6-19,21-22,28-35H,1-5,23-26H2,(H,27,36);7-10,19H,1-6H2,(H,23,24);9-14H,3-8H2,1-2H3/t;6-,7+,8-,9+,10+,11-,12+,13+,14+,15-,16+,17-,18+,19-,21+,22+;;/m.0../s1. The number of aromatic carboxylic acids is 1. The quantitative estimate of drug-likeness (QED) is 0.0257. The molecule has 35 heteroatoms. The third-order valence-corrected chi connectivity index (χ3v) is 20.5. The largest absolute Gasteiger partial charge is 0.477 e. The summed E-state index contributed by atoms with van der Waals surface area (Å²) in [6.45, 7) is 12.3. The summed E-state index contributed by atoms with van der Waals surface area (Å²) in [5.74, 6) is -2.60. The number of para-hydroxylation sites is 2. The van der Waals surface area contributed by atoms with E-state index in [-0.39, 0.29) is 74.3 Å². The lowest BCUT2D eigenvalue weighted by atomic mass is 9.83. The van der Waals surface area contributed by atoms with Crippen molar-refractivity contribution >= 4 is 74.1 Å². The molecule has 5 fully saturated rings. The molecule has 32 nitrogen and oxygen atoms in total. The van der Waals surface area contributed by atoms with Crippen LogP contribution in [0.25, 0.3) is 39.0 Å². The van der Waals surface area contributed by atoms with E-state index in [2.05, 4.69) is 63.2 Å². The highest BCUT2D eigenvalue weighted by Gasteiger charge is 2.53. The number of halogens is 3. The Bertz CT molecular complexity index is 4220. The summed E-state index contributed by atoms with van der Waals surface area (Å²) in [6.07, 6.45) is -14.7. The first-order chi connectivity index (χ1) is 53.2. The number of carbonyl (C=O) groups is 2. The summed E-state index contributed by atoms with van der Waals surface area (Å²) in [7, 11) is 0. The number of carbonyl (C=O) groups excluding carboxylic acids is 1. The summed E-state index contributed by atoms with van der Waals surface area (Å²) in [5, 5.41) is 127. The van der Waals surface area contributed by atoms with Crippen molar-refractivity contribution in [3.63, 3.8) is 0 Å². The summed E-state index contributed by atoms with van der Waals surface area (Å²) >= 11 is 12.2. The molecule has 12 rings (SSSR count). The van der Waals surface area contributed by atoms with Gasteiger partial charge in [0.2, 0.25) is 11.3 Å². The fourth-order valence-corrected chi connectivity index (χ4v) is 13.7. The van der Waals surface area contributed by atoms with Gasteiger partial charge >= 0.3 is 5.97 Å². The van der Waals surface area contributed by atoms with E-state index in [0.29, 0.717) is 34.3 Å². The molecule has 5 aromatic rings. The third kappa shape index (κ3) is 22.3. The number of aromatic nitrogens is 3. The highest BCUT2D eigenvalue weighted by Crippen LogP contribution is 2.39. The SMILES string of the molecule is CC(C)N=c1cc2n(-c3ccc(Cl)cc3)c3ccccc3nc-2cc1Nc1ccc(Cl)cc1.CCC(CO)NCCNC(CC)CO.NCC[C@H](O)C(=O)N[C@@H]1C[C@H](N)[C@@H](O[C@H]2O[C@H](CN)[C@@H](O)[C@H](O)[C@H]2O)[C@H](O)[C@H]1O[C@H]1O[C@H](CO)[C@@H](O)[C@H](N)[C@H]1O.O=C(O)c1cn(C2CC2)c2cc(N3CCNCC3)c(F)cc2c1=O. The normalized spacial score (nSPS) is 26.4. The van der Waals surface area contributed by atoms with Crippen LogP contribution in [0.2, 0.25) is 10.0 Å². The number of piperazine rings is 1. The number of aliphatic hydroxyl groups excluding tert-OH is 10. The van der Waals surface area contributed by atoms with E-state index in [1.54, 1.807) is 6.07 Å². The number of carboxylic acid groups (broad SMARTS) is 1. The molecule has 111 heavy (non-hydrogen) atoms. The van der Waals surface area contributed by atoms with Crippen LogP contribution >= 0.6 is 23.2 Å². The van der Waals surface area contributed by atoms with Gasteiger partial charge in [0.1, 0.15) is 78.5 Å². The lowest BCUT2D eigenvalue weighted by Gasteiger charge is -2.49. The minimum Gasteiger partial charge on any atom is -0.477 e. The maximum absolute atomic E-state index is 14.6. The lowest BCUT2D eigenvalue weighted by molar-refractivity contribution is -0.332. The van der Waals surface area contributed by atoms with E-state index in [4.69, 9.17) is 85.3 Å². The van der Waals surface area contributed by atoms with E-state index < -0.39 is 128 Å². The van der Waals surface area contributed by atoms with E-state index in [9.17, 15) is 64.7 Å². The van der Waals surface area contributed by atoms with Gasteiger partial charge in [-0.25, -0.2) is 14.2 Å². The van der Waals surface area contributed by atoms with E-state index in [1.807, 2.05) is 90.0 Å². The number of ether oxygens (including phenoxy) is 4. The predicted octanol–water partition coefficient (Wildman–Crippen LogP) is 0.356. The minimum absolute atomic E-state index is 0.0101. The van der Waals surface area contributed by atoms with Crippen molar-refractivity contribution in [1.82, 2.24) is 35.4 Å². The molecule has 7 aliphatic rings. The predicted molar refractivity (Wildman–Crippen MR) is 416 cm³/mol. The Labute approximate surface area is 651 Å². The topological polar surface area (TPSA) is 513 Å². The molecule has 5 heterocycles. The zero-order chi connectivity index (χ0) is 80.5. The van der Waals surface area contributed by atoms with Crippen LogP contribution in [0.15, 0.2) is 113 Å². The molecular formula is C76H107Cl2FN14O18. The molecule has 3 saturated heterocycles. The Morgan fingerprint density at radius 3 is 1.96 bits per heavy atom. The molecule has 24 N–H and O–H groups in total. The van der Waals surface area contributed by atoms with Gasteiger partial charge in [-0.2, -0.15) is 0 Å². The number of rotatable bonds is 26. The number of fused-ring (bicyclic) bond motifs is 3. The van der Waals surface area contributed by atoms with Gasteiger partial charge in [0, 0.05) is 109 Å². The van der Waals surface area contributed by atoms with Crippen LogP contribution in [0.5, 0.6) is 0 Å². The molecule has 1 amide bonds. The monoisotopic (exact) mass is 1590 g/mol. The molecule has 3 aliphatic carbocycles. The van der Waals surface area contributed by atoms with Crippen molar-refractivity contribution in [3.05, 3.63) is 140 Å². The first kappa shape index (κ1) is 87.9. The smallest absolute Gasteiger partial charge is 0.341 e. The van der Waals surface area contributed by atoms with Gasteiger partial charge in [-0.05, 0) is 144 Å². The fraction of sp³-hybridized carbons (Fsp3) is 0.539. The van der Waals surface area contributed by atoms with E-state index in [0.717, 1.165) is 96.7 Å². The van der Waals surface area contributed by atoms with Crippen molar-refractivity contribution < 1.29 is 89.1 Å². The Hall–Kier alpha value is -7.08. The lowest BCUT2D eigenvalue weighted by Crippen LogP contribution is -2.69. The number of hydrogen-bond acceptors (Lipinski definition) is 28. The molecule has 0 bridgehead atoms. The molecule has 2 unspecified atom stereocenters. The third-order valence-electron chi connectivity index (χ3n) is 20.0. The molecule has 18 atom stereocenters. The number of nitrogens with two attached hydrogens (primary N) is 4. The summed E-state index contributed by atoms with van der Waals surface area (Å²) in [4.78, 5) is 48.2. The van der Waals surface area contributed by atoms with Gasteiger partial charge in [0.05, 0.1) is 76.6 Å². The first-order valence-corrected chi connectivity index (χ1v) is 38.2. The maximum Gasteiger partial charge on any atom is 0.341 e. The number of pyridine rings is 1. The number of benzene rings is 5. The molecular weight excluding hydrogens is 1490 g/mol. The van der Waals surface area contributed by atoms with Crippen LogP contribution < -0.4 is 65.2 Å². The minimum atomic E-state index is -1.76. The molecule has 0 spiro atoms. The van der Waals surface area contributed by atoms with Gasteiger partial charge in [-0.3, -0.25) is 14.6 Å². The number of amides is 1. The van der Waals surface area contributed by atoms with Gasteiger partial charge < -0.3 is 139 Å². The summed E-state index contributed by atoms with van der Waals surface area (Å²) in [6, 6.07) is 27.9. The van der Waals surface area contributed by atoms with Crippen molar-refractivity contribution in [2.75, 3.05) is 82.4 Å². The second-order valence-electron chi connectivity index (χ2n) is 28.3. The molecule has 610 valence electrons. The summed E-state index contributed by atoms with van der Waals surface area (Å²) in [5.41, 5.74) is 29.8. The Kier molecular flexibility index (Phi) is 32.7. The number of anilines is 3. The van der Waals surface area contributed by atoms with E-state index >= 15 is 0 Å². The average Bonchev–Trinajstić information content (AvgIpc) is 1.75. The maximum atomic E-state index is 14.6. The second-order valence-corrected chi connectivity index (χ2v) is 29.2. The van der Waals surface area contributed by atoms with Gasteiger partial charge in [0.25, 0.3) is 0 Å². The first-order valence-electron chi connectivity index (χ1n) is 37.4. The molecule has 4 aliphatic heterocycles. The van der Waals surface area contributed by atoms with Crippen LogP contribution in [-0.2, 0) is 23.7 Å². The van der Waals surface area contributed by atoms with Crippen LogP contribution in [0, 0.1) is 5.82 Å². The van der Waals surface area contributed by atoms with Gasteiger partial charge in [-0.15, -0.1) is 0 Å². The Morgan fingerprint density at radius 1 is 0.766 bits per heavy atom. The number of nitrogens with zero attached hydrogens (tertiary/aromatic N) is 5. The fourth-order valence-electron chi connectivity index (χ4n) is 13.5. The molecule has 4 aromatic carbocycles. The van der Waals surface area contributed by atoms with Crippen LogP contribution in [0.3, 0.4) is 0 Å². The van der Waals surface area contributed by atoms with Crippen molar-refractivity contribution in [1.29, 1.82) is 0 Å². The van der Waals surface area contributed by atoms with Crippen LogP contribution in [0.4, 0.5) is 21.5 Å². The van der Waals surface area contributed by atoms with Gasteiger partial charge in [-0.1, -0.05) is 49.2 Å². The van der Waals surface area contributed by atoms with Gasteiger partial charge in [0.15, 0.2) is 12.6 Å². The van der Waals surface area contributed by atoms with E-state index in [1.165, 1.54) is 12.3 Å². The van der Waals surface area contributed by atoms with Crippen LogP contribution in [0.1, 0.15) is 82.6 Å². The second kappa shape index (κ2) is 41.3. The zero-order valence-electron chi connectivity index (χ0n) is 62.3. The molecule has 0 radical (unpaired) electrons. The highest BCUT2D eigenvalue weighted by molar-refractivity contribution is 6.31. The van der Waals surface area contributed by atoms with Crippen molar-refractivity contribution in [2.45, 2.75) is 188 Å². The molecule has 2 saturated carbocycles. The van der Waals surface area contributed by atoms with Crippen LogP contribution in [-0.4, -0.2) is 270 Å². The number of carboxylic acids is 1. The average molecular weight is 1590 g/mol.